The Bertz CT molecular complexity index is 343. The summed E-state index contributed by atoms with van der Waals surface area (Å²) in [4.78, 5) is 13.5. The van der Waals surface area contributed by atoms with Crippen LogP contribution in [0.15, 0.2) is 0 Å². The maximum absolute atomic E-state index is 13.3. The number of amides is 1. The van der Waals surface area contributed by atoms with Crippen molar-refractivity contribution in [3.05, 3.63) is 0 Å². The minimum absolute atomic E-state index is 0.00600. The lowest BCUT2D eigenvalue weighted by molar-refractivity contribution is -0.123. The Balaban J connectivity index is 1.52. The fourth-order valence-electron chi connectivity index (χ4n) is 2.89. The van der Waals surface area contributed by atoms with Gasteiger partial charge in [0.1, 0.15) is 0 Å². The first kappa shape index (κ1) is 11.4. The predicted molar refractivity (Wildman–Crippen MR) is 58.8 cm³/mol. The third kappa shape index (κ3) is 2.17. The summed E-state index contributed by atoms with van der Waals surface area (Å²) in [6.07, 6.45) is 3.54. The van der Waals surface area contributed by atoms with Crippen LogP contribution in [0.3, 0.4) is 0 Å². The minimum Gasteiger partial charge on any atom is -0.352 e. The van der Waals surface area contributed by atoms with Crippen LogP contribution >= 0.6 is 0 Å². The van der Waals surface area contributed by atoms with Gasteiger partial charge >= 0.3 is 0 Å². The van der Waals surface area contributed by atoms with Gasteiger partial charge in [-0.2, -0.15) is 0 Å². The van der Waals surface area contributed by atoms with E-state index < -0.39 is 11.3 Å². The molecule has 96 valence electrons. The molecule has 3 aliphatic rings. The molecular weight excluding hydrogens is 226 g/mol. The molecule has 1 N–H and O–H groups in total. The van der Waals surface area contributed by atoms with Gasteiger partial charge in [-0.1, -0.05) is 0 Å². The quantitative estimate of drug-likeness (QED) is 0.813. The number of piperidine rings is 1. The highest BCUT2D eigenvalue weighted by atomic mass is 19.3. The number of alkyl halides is 2. The van der Waals surface area contributed by atoms with E-state index in [1.165, 1.54) is 0 Å². The zero-order valence-electron chi connectivity index (χ0n) is 9.85. The average molecular weight is 244 g/mol. The van der Waals surface area contributed by atoms with Crippen molar-refractivity contribution in [1.29, 1.82) is 0 Å². The molecule has 0 aromatic rings. The maximum Gasteiger partial charge on any atom is 0.255 e. The van der Waals surface area contributed by atoms with Crippen molar-refractivity contribution < 1.29 is 13.6 Å². The first-order chi connectivity index (χ1) is 8.01. The third-order valence-electron chi connectivity index (χ3n) is 4.18. The summed E-state index contributed by atoms with van der Waals surface area (Å²) in [5, 5.41) is 2.90. The van der Waals surface area contributed by atoms with Crippen LogP contribution in [0.1, 0.15) is 32.1 Å². The van der Waals surface area contributed by atoms with Gasteiger partial charge in [-0.25, -0.2) is 8.78 Å². The van der Waals surface area contributed by atoms with Gasteiger partial charge in [0.25, 0.3) is 5.92 Å². The number of nitrogens with zero attached hydrogens (tertiary/aromatic N) is 1. The minimum atomic E-state index is -2.49. The summed E-state index contributed by atoms with van der Waals surface area (Å²) < 4.78 is 26.6. The Labute approximate surface area is 99.5 Å². The summed E-state index contributed by atoms with van der Waals surface area (Å²) in [6.45, 7) is 1.45. The number of hydrogen-bond acceptors (Lipinski definition) is 2. The molecule has 17 heavy (non-hydrogen) atoms. The molecule has 5 heteroatoms. The number of hydrogen-bond donors (Lipinski definition) is 1. The lowest BCUT2D eigenvalue weighted by Crippen LogP contribution is -2.45. The van der Waals surface area contributed by atoms with Gasteiger partial charge in [-0.15, -0.1) is 0 Å². The standard InChI is InChI=1S/C12H18F2N2O/c13-12(14)7-11(12)4-1-5-16(8-11)6-10(17)15-9-2-3-9/h9H,1-8H2,(H,15,17). The van der Waals surface area contributed by atoms with E-state index in [1.54, 1.807) is 0 Å². The maximum atomic E-state index is 13.3. The molecular formula is C12H18F2N2O. The van der Waals surface area contributed by atoms with E-state index in [0.29, 0.717) is 19.0 Å². The topological polar surface area (TPSA) is 32.3 Å². The van der Waals surface area contributed by atoms with Gasteiger partial charge < -0.3 is 5.32 Å². The highest BCUT2D eigenvalue weighted by molar-refractivity contribution is 5.78. The third-order valence-corrected chi connectivity index (χ3v) is 4.18. The normalized spacial score (nSPS) is 35.9. The van der Waals surface area contributed by atoms with Crippen molar-refractivity contribution in [2.24, 2.45) is 5.41 Å². The second-order valence-electron chi connectivity index (χ2n) is 5.82. The lowest BCUT2D eigenvalue weighted by atomic mass is 9.94. The van der Waals surface area contributed by atoms with E-state index in [0.717, 1.165) is 25.8 Å². The van der Waals surface area contributed by atoms with Crippen LogP contribution in [0.2, 0.25) is 0 Å². The monoisotopic (exact) mass is 244 g/mol. The largest absolute Gasteiger partial charge is 0.352 e. The van der Waals surface area contributed by atoms with Crippen molar-refractivity contribution >= 4 is 5.91 Å². The fraction of sp³-hybridized carbons (Fsp3) is 0.917. The summed E-state index contributed by atoms with van der Waals surface area (Å²) in [7, 11) is 0. The molecule has 1 amide bonds. The summed E-state index contributed by atoms with van der Waals surface area (Å²) in [5.41, 5.74) is -0.800. The second-order valence-corrected chi connectivity index (χ2v) is 5.82. The zero-order chi connectivity index (χ0) is 12.1. The van der Waals surface area contributed by atoms with Crippen molar-refractivity contribution in [1.82, 2.24) is 10.2 Å². The highest BCUT2D eigenvalue weighted by Gasteiger charge is 2.71. The van der Waals surface area contributed by atoms with Crippen molar-refractivity contribution in [3.8, 4) is 0 Å². The molecule has 0 radical (unpaired) electrons. The average Bonchev–Trinajstić information content (AvgIpc) is 3.08. The summed E-state index contributed by atoms with van der Waals surface area (Å²) >= 11 is 0. The number of nitrogens with one attached hydrogen (secondary N) is 1. The van der Waals surface area contributed by atoms with Gasteiger partial charge in [-0.3, -0.25) is 9.69 Å². The van der Waals surface area contributed by atoms with E-state index in [2.05, 4.69) is 5.32 Å². The van der Waals surface area contributed by atoms with Crippen LogP contribution in [0.5, 0.6) is 0 Å². The van der Waals surface area contributed by atoms with E-state index in [-0.39, 0.29) is 18.9 Å². The number of carbonyl (C=O) groups is 1. The zero-order valence-corrected chi connectivity index (χ0v) is 9.85. The Morgan fingerprint density at radius 2 is 2.12 bits per heavy atom. The predicted octanol–water partition coefficient (Wildman–Crippen LogP) is 1.39. The molecule has 0 aromatic heterocycles. The molecule has 1 heterocycles. The first-order valence-electron chi connectivity index (χ1n) is 6.40. The van der Waals surface area contributed by atoms with E-state index >= 15 is 0 Å². The molecule has 1 spiro atoms. The van der Waals surface area contributed by atoms with E-state index in [9.17, 15) is 13.6 Å². The Hall–Kier alpha value is -0.710. The Morgan fingerprint density at radius 3 is 2.71 bits per heavy atom. The van der Waals surface area contributed by atoms with Crippen molar-refractivity contribution in [2.75, 3.05) is 19.6 Å². The molecule has 3 rings (SSSR count). The molecule has 1 unspecified atom stereocenters. The number of likely N-dealkylation sites (tertiary alicyclic amines) is 1. The molecule has 3 nitrogen and oxygen atoms in total. The van der Waals surface area contributed by atoms with Gasteiger partial charge in [0.15, 0.2) is 0 Å². The summed E-state index contributed by atoms with van der Waals surface area (Å²) in [5.74, 6) is -2.49. The molecule has 0 bridgehead atoms. The van der Waals surface area contributed by atoms with Crippen molar-refractivity contribution in [3.63, 3.8) is 0 Å². The van der Waals surface area contributed by atoms with E-state index in [1.807, 2.05) is 4.90 Å². The lowest BCUT2D eigenvalue weighted by Gasteiger charge is -2.32. The number of rotatable bonds is 3. The van der Waals surface area contributed by atoms with Gasteiger partial charge in [0.05, 0.1) is 12.0 Å². The summed E-state index contributed by atoms with van der Waals surface area (Å²) in [6, 6.07) is 0.351. The van der Waals surface area contributed by atoms with Crippen LogP contribution in [-0.2, 0) is 4.79 Å². The first-order valence-corrected chi connectivity index (χ1v) is 6.40. The SMILES string of the molecule is O=C(CN1CCCC2(C1)CC2(F)F)NC1CC1. The van der Waals surface area contributed by atoms with Crippen LogP contribution in [0, 0.1) is 5.41 Å². The van der Waals surface area contributed by atoms with Gasteiger partial charge in [-0.05, 0) is 32.2 Å². The van der Waals surface area contributed by atoms with Gasteiger partial charge in [0.2, 0.25) is 5.91 Å². The number of carbonyl (C=O) groups excluding carboxylic acids is 1. The molecule has 1 aliphatic heterocycles. The fourth-order valence-corrected chi connectivity index (χ4v) is 2.89. The molecule has 1 saturated heterocycles. The van der Waals surface area contributed by atoms with Crippen LogP contribution in [0.25, 0.3) is 0 Å². The molecule has 0 aromatic carbocycles. The molecule has 2 aliphatic carbocycles. The van der Waals surface area contributed by atoms with Crippen LogP contribution in [0.4, 0.5) is 8.78 Å². The van der Waals surface area contributed by atoms with Crippen molar-refractivity contribution in [2.45, 2.75) is 44.1 Å². The highest BCUT2D eigenvalue weighted by Crippen LogP contribution is 2.64. The van der Waals surface area contributed by atoms with Crippen LogP contribution < -0.4 is 5.32 Å². The Kier molecular flexibility index (Phi) is 2.44. The van der Waals surface area contributed by atoms with Gasteiger partial charge in [0, 0.05) is 19.0 Å². The molecule has 3 fully saturated rings. The van der Waals surface area contributed by atoms with E-state index in [4.69, 9.17) is 0 Å². The van der Waals surface area contributed by atoms with Crippen LogP contribution in [-0.4, -0.2) is 42.4 Å². The Morgan fingerprint density at radius 1 is 1.41 bits per heavy atom. The molecule has 1 atom stereocenters. The second kappa shape index (κ2) is 3.64. The molecule has 2 saturated carbocycles. The smallest absolute Gasteiger partial charge is 0.255 e. The number of halogens is 2.